The highest BCUT2D eigenvalue weighted by Crippen LogP contribution is 2.23. The van der Waals surface area contributed by atoms with Gasteiger partial charge in [0, 0.05) is 30.0 Å². The number of nitrogens with one attached hydrogen (secondary N) is 1. The molecule has 0 aliphatic heterocycles. The van der Waals surface area contributed by atoms with E-state index in [1.54, 1.807) is 30.5 Å². The lowest BCUT2D eigenvalue weighted by atomic mass is 10.1. The molecule has 0 aliphatic rings. The van der Waals surface area contributed by atoms with E-state index in [9.17, 15) is 4.79 Å². The van der Waals surface area contributed by atoms with E-state index in [1.807, 2.05) is 72.4 Å². The monoisotopic (exact) mass is 431 g/mol. The quantitative estimate of drug-likeness (QED) is 0.439. The number of ether oxygens (including phenoxy) is 1. The minimum atomic E-state index is -0.418. The van der Waals surface area contributed by atoms with Gasteiger partial charge in [-0.2, -0.15) is 0 Å². The van der Waals surface area contributed by atoms with Gasteiger partial charge in [0.25, 0.3) is 5.91 Å². The SMILES string of the molecule is Cn1ccnc1C(NC(=O)c1cccc(OCc2ccccc2)c1)c1ccc(Cl)cc1. The molecule has 6 heteroatoms. The summed E-state index contributed by atoms with van der Waals surface area (Å²) < 4.78 is 7.75. The predicted octanol–water partition coefficient (Wildman–Crippen LogP) is 5.17. The summed E-state index contributed by atoms with van der Waals surface area (Å²) in [6, 6.07) is 24.0. The minimum absolute atomic E-state index is 0.215. The van der Waals surface area contributed by atoms with Crippen molar-refractivity contribution in [1.82, 2.24) is 14.9 Å². The van der Waals surface area contributed by atoms with Crippen LogP contribution in [0, 0.1) is 0 Å². The molecule has 0 saturated carbocycles. The Hall–Kier alpha value is -3.57. The number of halogens is 1. The van der Waals surface area contributed by atoms with Gasteiger partial charge in [0.15, 0.2) is 0 Å². The summed E-state index contributed by atoms with van der Waals surface area (Å²) >= 11 is 6.04. The van der Waals surface area contributed by atoms with E-state index in [1.165, 1.54) is 0 Å². The second-order valence-corrected chi connectivity index (χ2v) is 7.59. The largest absolute Gasteiger partial charge is 0.489 e. The zero-order chi connectivity index (χ0) is 21.6. The number of aryl methyl sites for hydroxylation is 1. The van der Waals surface area contributed by atoms with Crippen LogP contribution in [0.2, 0.25) is 5.02 Å². The van der Waals surface area contributed by atoms with Crippen molar-refractivity contribution in [3.63, 3.8) is 0 Å². The first-order valence-corrected chi connectivity index (χ1v) is 10.3. The minimum Gasteiger partial charge on any atom is -0.489 e. The molecule has 31 heavy (non-hydrogen) atoms. The van der Waals surface area contributed by atoms with Crippen LogP contribution in [0.3, 0.4) is 0 Å². The van der Waals surface area contributed by atoms with Crippen molar-refractivity contribution in [3.8, 4) is 5.75 Å². The van der Waals surface area contributed by atoms with E-state index < -0.39 is 6.04 Å². The van der Waals surface area contributed by atoms with Crippen molar-refractivity contribution in [2.75, 3.05) is 0 Å². The molecule has 0 bridgehead atoms. The predicted molar refractivity (Wildman–Crippen MR) is 121 cm³/mol. The average molecular weight is 432 g/mol. The van der Waals surface area contributed by atoms with Gasteiger partial charge in [0.2, 0.25) is 0 Å². The molecule has 3 aromatic carbocycles. The highest BCUT2D eigenvalue weighted by atomic mass is 35.5. The van der Waals surface area contributed by atoms with E-state index in [4.69, 9.17) is 16.3 Å². The van der Waals surface area contributed by atoms with E-state index in [2.05, 4.69) is 10.3 Å². The third kappa shape index (κ3) is 5.13. The molecule has 0 fully saturated rings. The normalized spacial score (nSPS) is 11.7. The first-order valence-electron chi connectivity index (χ1n) is 9.90. The van der Waals surface area contributed by atoms with Crippen molar-refractivity contribution in [2.24, 2.45) is 7.05 Å². The molecule has 0 saturated heterocycles. The van der Waals surface area contributed by atoms with Crippen molar-refractivity contribution in [3.05, 3.63) is 119 Å². The Morgan fingerprint density at radius 2 is 1.84 bits per heavy atom. The van der Waals surface area contributed by atoms with Crippen LogP contribution < -0.4 is 10.1 Å². The fourth-order valence-electron chi connectivity index (χ4n) is 3.29. The van der Waals surface area contributed by atoms with Crippen molar-refractivity contribution >= 4 is 17.5 Å². The van der Waals surface area contributed by atoms with Crippen LogP contribution in [0.25, 0.3) is 0 Å². The Morgan fingerprint density at radius 3 is 2.55 bits per heavy atom. The summed E-state index contributed by atoms with van der Waals surface area (Å²) in [5.41, 5.74) is 2.47. The number of carbonyl (C=O) groups excluding carboxylic acids is 1. The van der Waals surface area contributed by atoms with Crippen molar-refractivity contribution < 1.29 is 9.53 Å². The standard InChI is InChI=1S/C25H22ClN3O2/c1-29-15-14-27-24(29)23(19-10-12-21(26)13-11-19)28-25(30)20-8-5-9-22(16-20)31-17-18-6-3-2-4-7-18/h2-16,23H,17H2,1H3,(H,28,30). The number of benzene rings is 3. The van der Waals surface area contributed by atoms with Crippen LogP contribution >= 0.6 is 11.6 Å². The maximum atomic E-state index is 13.1. The van der Waals surface area contributed by atoms with Gasteiger partial charge in [-0.1, -0.05) is 60.1 Å². The second kappa shape index (κ2) is 9.49. The number of aromatic nitrogens is 2. The summed E-state index contributed by atoms with van der Waals surface area (Å²) in [5, 5.41) is 3.73. The van der Waals surface area contributed by atoms with Gasteiger partial charge in [0.05, 0.1) is 0 Å². The maximum Gasteiger partial charge on any atom is 0.252 e. The molecule has 156 valence electrons. The number of amides is 1. The van der Waals surface area contributed by atoms with Gasteiger partial charge in [-0.05, 0) is 41.5 Å². The molecule has 5 nitrogen and oxygen atoms in total. The lowest BCUT2D eigenvalue weighted by molar-refractivity contribution is 0.0940. The fourth-order valence-corrected chi connectivity index (χ4v) is 3.42. The number of nitrogens with zero attached hydrogens (tertiary/aromatic N) is 2. The van der Waals surface area contributed by atoms with E-state index in [0.717, 1.165) is 17.0 Å². The molecule has 1 heterocycles. The van der Waals surface area contributed by atoms with E-state index in [0.29, 0.717) is 22.9 Å². The van der Waals surface area contributed by atoms with Crippen LogP contribution in [0.1, 0.15) is 33.4 Å². The number of carbonyl (C=O) groups is 1. The number of imidazole rings is 1. The number of hydrogen-bond donors (Lipinski definition) is 1. The van der Waals surface area contributed by atoms with Gasteiger partial charge in [-0.25, -0.2) is 4.98 Å². The Balaban J connectivity index is 1.53. The van der Waals surface area contributed by atoms with Crippen molar-refractivity contribution in [2.45, 2.75) is 12.6 Å². The molecule has 0 aliphatic carbocycles. The third-order valence-corrected chi connectivity index (χ3v) is 5.19. The summed E-state index contributed by atoms with van der Waals surface area (Å²) in [7, 11) is 1.90. The Labute approximate surface area is 186 Å². The smallest absolute Gasteiger partial charge is 0.252 e. The number of hydrogen-bond acceptors (Lipinski definition) is 3. The Morgan fingerprint density at radius 1 is 1.06 bits per heavy atom. The molecule has 1 aromatic heterocycles. The topological polar surface area (TPSA) is 56.2 Å². The molecular weight excluding hydrogens is 410 g/mol. The highest BCUT2D eigenvalue weighted by molar-refractivity contribution is 6.30. The van der Waals surface area contributed by atoms with Crippen LogP contribution in [0.5, 0.6) is 5.75 Å². The third-order valence-electron chi connectivity index (χ3n) is 4.94. The van der Waals surface area contributed by atoms with E-state index >= 15 is 0 Å². The molecular formula is C25H22ClN3O2. The van der Waals surface area contributed by atoms with Gasteiger partial charge in [-0.15, -0.1) is 0 Å². The second-order valence-electron chi connectivity index (χ2n) is 7.16. The van der Waals surface area contributed by atoms with Gasteiger partial charge in [0.1, 0.15) is 24.2 Å². The summed E-state index contributed by atoms with van der Waals surface area (Å²) in [6.07, 6.45) is 3.56. The molecule has 4 rings (SSSR count). The lowest BCUT2D eigenvalue weighted by Crippen LogP contribution is -2.31. The molecule has 1 atom stereocenters. The zero-order valence-electron chi connectivity index (χ0n) is 17.0. The zero-order valence-corrected chi connectivity index (χ0v) is 17.8. The van der Waals surface area contributed by atoms with Gasteiger partial charge >= 0.3 is 0 Å². The lowest BCUT2D eigenvalue weighted by Gasteiger charge is -2.19. The molecule has 1 amide bonds. The Kier molecular flexibility index (Phi) is 6.34. The van der Waals surface area contributed by atoms with Crippen LogP contribution in [0.15, 0.2) is 91.3 Å². The molecule has 0 spiro atoms. The summed E-state index contributed by atoms with van der Waals surface area (Å²) in [5.74, 6) is 1.15. The van der Waals surface area contributed by atoms with Gasteiger partial charge < -0.3 is 14.6 Å². The number of rotatable bonds is 7. The molecule has 0 radical (unpaired) electrons. The maximum absolute atomic E-state index is 13.1. The molecule has 1 N–H and O–H groups in total. The fraction of sp³-hybridized carbons (Fsp3) is 0.120. The highest BCUT2D eigenvalue weighted by Gasteiger charge is 2.21. The first kappa shape index (κ1) is 20.7. The van der Waals surface area contributed by atoms with Crippen LogP contribution in [-0.4, -0.2) is 15.5 Å². The van der Waals surface area contributed by atoms with Crippen LogP contribution in [-0.2, 0) is 13.7 Å². The molecule has 4 aromatic rings. The molecule has 1 unspecified atom stereocenters. The summed E-state index contributed by atoms with van der Waals surface area (Å²) in [6.45, 7) is 0.437. The summed E-state index contributed by atoms with van der Waals surface area (Å²) in [4.78, 5) is 17.5. The first-order chi connectivity index (χ1) is 15.1. The average Bonchev–Trinajstić information content (AvgIpc) is 3.23. The Bertz CT molecular complexity index is 1160. The van der Waals surface area contributed by atoms with E-state index in [-0.39, 0.29) is 5.91 Å². The van der Waals surface area contributed by atoms with Crippen molar-refractivity contribution in [1.29, 1.82) is 0 Å². The van der Waals surface area contributed by atoms with Gasteiger partial charge in [-0.3, -0.25) is 4.79 Å². The van der Waals surface area contributed by atoms with Crippen LogP contribution in [0.4, 0.5) is 0 Å².